The molecule has 0 aromatic carbocycles. The monoisotopic (exact) mass is 288 g/mol. The molecule has 7 nitrogen and oxygen atoms in total. The van der Waals surface area contributed by atoms with Crippen LogP contribution in [-0.2, 0) is 0 Å². The minimum absolute atomic E-state index is 0.000651. The predicted molar refractivity (Wildman–Crippen MR) is 81.4 cm³/mol. The third kappa shape index (κ3) is 4.27. The molecule has 0 saturated carbocycles. The second kappa shape index (κ2) is 6.83. The summed E-state index contributed by atoms with van der Waals surface area (Å²) in [7, 11) is 1.75. The van der Waals surface area contributed by atoms with Crippen molar-refractivity contribution in [1.82, 2.24) is 19.9 Å². The van der Waals surface area contributed by atoms with E-state index in [2.05, 4.69) is 30.6 Å². The van der Waals surface area contributed by atoms with Gasteiger partial charge in [0.1, 0.15) is 0 Å². The third-order valence-corrected chi connectivity index (χ3v) is 2.71. The van der Waals surface area contributed by atoms with Crippen molar-refractivity contribution in [2.75, 3.05) is 17.7 Å². The van der Waals surface area contributed by atoms with Gasteiger partial charge in [0.05, 0.1) is 12.1 Å². The molecule has 2 N–H and O–H groups in total. The minimum Gasteiger partial charge on any atom is -0.461 e. The highest BCUT2D eigenvalue weighted by Gasteiger charge is 2.11. The molecule has 0 aliphatic carbocycles. The quantitative estimate of drug-likeness (QED) is 0.843. The number of nitrogens with zero attached hydrogens (tertiary/aromatic N) is 4. The first kappa shape index (κ1) is 15.0. The fourth-order valence-corrected chi connectivity index (χ4v) is 1.71. The first-order chi connectivity index (χ1) is 10.1. The maximum Gasteiger partial charge on any atom is 0.323 e. The maximum atomic E-state index is 5.53. The van der Waals surface area contributed by atoms with E-state index in [1.165, 1.54) is 0 Å². The molecule has 0 spiro atoms. The molecule has 21 heavy (non-hydrogen) atoms. The van der Waals surface area contributed by atoms with Crippen LogP contribution in [0, 0.1) is 0 Å². The molecule has 0 aliphatic rings. The van der Waals surface area contributed by atoms with Crippen molar-refractivity contribution < 1.29 is 4.74 Å². The van der Waals surface area contributed by atoms with Gasteiger partial charge in [-0.05, 0) is 32.4 Å². The molecule has 2 aromatic heterocycles. The molecule has 7 heteroatoms. The zero-order valence-electron chi connectivity index (χ0n) is 12.7. The van der Waals surface area contributed by atoms with Crippen molar-refractivity contribution >= 4 is 11.9 Å². The predicted octanol–water partition coefficient (Wildman–Crippen LogP) is 2.27. The van der Waals surface area contributed by atoms with Crippen LogP contribution in [0.5, 0.6) is 6.01 Å². The van der Waals surface area contributed by atoms with Gasteiger partial charge in [0.25, 0.3) is 0 Å². The van der Waals surface area contributed by atoms with E-state index in [-0.39, 0.29) is 12.1 Å². The number of nitrogens with one attached hydrogen (secondary N) is 2. The molecule has 0 radical (unpaired) electrons. The summed E-state index contributed by atoms with van der Waals surface area (Å²) >= 11 is 0. The molecule has 2 aromatic rings. The summed E-state index contributed by atoms with van der Waals surface area (Å²) in [4.78, 5) is 16.8. The molecule has 1 unspecified atom stereocenters. The number of anilines is 2. The van der Waals surface area contributed by atoms with Crippen LogP contribution in [0.15, 0.2) is 24.5 Å². The molecule has 0 saturated heterocycles. The normalized spacial score (nSPS) is 12.0. The molecule has 0 aliphatic heterocycles. The average Bonchev–Trinajstić information content (AvgIpc) is 2.47. The summed E-state index contributed by atoms with van der Waals surface area (Å²) in [5, 5.41) is 6.12. The largest absolute Gasteiger partial charge is 0.461 e. The van der Waals surface area contributed by atoms with E-state index in [0.29, 0.717) is 17.9 Å². The molecule has 2 heterocycles. The van der Waals surface area contributed by atoms with Crippen LogP contribution < -0.4 is 15.4 Å². The number of pyridine rings is 1. The minimum atomic E-state index is 0.000651. The fraction of sp³-hybridized carbons (Fsp3) is 0.429. The van der Waals surface area contributed by atoms with Gasteiger partial charge in [-0.15, -0.1) is 0 Å². The molecule has 1 atom stereocenters. The number of aromatic nitrogens is 4. The molecule has 0 amide bonds. The van der Waals surface area contributed by atoms with Crippen LogP contribution in [-0.4, -0.2) is 33.1 Å². The Balaban J connectivity index is 2.18. The molecule has 0 bridgehead atoms. The summed E-state index contributed by atoms with van der Waals surface area (Å²) in [6.07, 6.45) is 3.55. The topological polar surface area (TPSA) is 84.9 Å². The van der Waals surface area contributed by atoms with Gasteiger partial charge >= 0.3 is 6.01 Å². The van der Waals surface area contributed by atoms with E-state index >= 15 is 0 Å². The second-order valence-electron chi connectivity index (χ2n) is 4.83. The van der Waals surface area contributed by atoms with Gasteiger partial charge in [-0.2, -0.15) is 15.0 Å². The Kier molecular flexibility index (Phi) is 4.86. The van der Waals surface area contributed by atoms with Gasteiger partial charge < -0.3 is 15.4 Å². The van der Waals surface area contributed by atoms with Gasteiger partial charge in [0, 0.05) is 19.4 Å². The van der Waals surface area contributed by atoms with Gasteiger partial charge in [-0.1, -0.05) is 6.07 Å². The lowest BCUT2D eigenvalue weighted by Crippen LogP contribution is -2.14. The van der Waals surface area contributed by atoms with Crippen LogP contribution in [0.25, 0.3) is 0 Å². The molecule has 2 rings (SSSR count). The van der Waals surface area contributed by atoms with E-state index in [4.69, 9.17) is 4.74 Å². The molecular formula is C14H20N6O. The average molecular weight is 288 g/mol. The smallest absolute Gasteiger partial charge is 0.323 e. The van der Waals surface area contributed by atoms with Crippen LogP contribution in [0.4, 0.5) is 11.9 Å². The molecule has 112 valence electrons. The summed E-state index contributed by atoms with van der Waals surface area (Å²) < 4.78 is 5.53. The number of hydrogen-bond donors (Lipinski definition) is 2. The highest BCUT2D eigenvalue weighted by Crippen LogP contribution is 2.18. The van der Waals surface area contributed by atoms with Crippen molar-refractivity contribution in [3.63, 3.8) is 0 Å². The Labute approximate surface area is 124 Å². The van der Waals surface area contributed by atoms with Crippen LogP contribution in [0.3, 0.4) is 0 Å². The van der Waals surface area contributed by atoms with Crippen molar-refractivity contribution in [3.8, 4) is 6.01 Å². The summed E-state index contributed by atoms with van der Waals surface area (Å²) in [5.74, 6) is 0.919. The van der Waals surface area contributed by atoms with Gasteiger partial charge in [-0.3, -0.25) is 4.98 Å². The highest BCUT2D eigenvalue weighted by atomic mass is 16.5. The number of ether oxygens (including phenoxy) is 1. The van der Waals surface area contributed by atoms with Crippen LogP contribution >= 0.6 is 0 Å². The Hall–Kier alpha value is -2.44. The second-order valence-corrected chi connectivity index (χ2v) is 4.83. The third-order valence-electron chi connectivity index (χ3n) is 2.71. The Morgan fingerprint density at radius 2 is 1.86 bits per heavy atom. The van der Waals surface area contributed by atoms with E-state index < -0.39 is 0 Å². The van der Waals surface area contributed by atoms with E-state index in [1.54, 1.807) is 13.2 Å². The zero-order chi connectivity index (χ0) is 15.2. The van der Waals surface area contributed by atoms with Gasteiger partial charge in [-0.25, -0.2) is 0 Å². The van der Waals surface area contributed by atoms with Crippen LogP contribution in [0.2, 0.25) is 0 Å². The maximum absolute atomic E-state index is 5.53. The lowest BCUT2D eigenvalue weighted by Gasteiger charge is -2.15. The van der Waals surface area contributed by atoms with Crippen molar-refractivity contribution in [1.29, 1.82) is 0 Å². The van der Waals surface area contributed by atoms with E-state index in [0.717, 1.165) is 5.56 Å². The first-order valence-corrected chi connectivity index (χ1v) is 6.85. The fourth-order valence-electron chi connectivity index (χ4n) is 1.71. The summed E-state index contributed by atoms with van der Waals surface area (Å²) in [6.45, 7) is 5.87. The standard InChI is InChI=1S/C14H20N6O/c1-9(2)21-14-19-12(15-4)18-13(20-14)17-10(3)11-6-5-7-16-8-11/h5-10H,1-4H3,(H2,15,17,18,19,20). The molecule has 0 fully saturated rings. The number of rotatable bonds is 6. The van der Waals surface area contributed by atoms with E-state index in [9.17, 15) is 0 Å². The first-order valence-electron chi connectivity index (χ1n) is 6.85. The summed E-state index contributed by atoms with van der Waals surface area (Å²) in [6, 6.07) is 4.21. The lowest BCUT2D eigenvalue weighted by atomic mass is 10.1. The van der Waals surface area contributed by atoms with E-state index in [1.807, 2.05) is 39.1 Å². The Morgan fingerprint density at radius 1 is 1.10 bits per heavy atom. The molecular weight excluding hydrogens is 268 g/mol. The SMILES string of the molecule is CNc1nc(NC(C)c2cccnc2)nc(OC(C)C)n1. The number of hydrogen-bond acceptors (Lipinski definition) is 7. The van der Waals surface area contributed by atoms with Crippen molar-refractivity contribution in [3.05, 3.63) is 30.1 Å². The van der Waals surface area contributed by atoms with Gasteiger partial charge in [0.15, 0.2) is 0 Å². The highest BCUT2D eigenvalue weighted by molar-refractivity contribution is 5.37. The van der Waals surface area contributed by atoms with Crippen molar-refractivity contribution in [2.45, 2.75) is 32.9 Å². The van der Waals surface area contributed by atoms with Crippen LogP contribution in [0.1, 0.15) is 32.4 Å². The summed E-state index contributed by atoms with van der Waals surface area (Å²) in [5.41, 5.74) is 1.05. The van der Waals surface area contributed by atoms with Crippen molar-refractivity contribution in [2.24, 2.45) is 0 Å². The Morgan fingerprint density at radius 3 is 2.48 bits per heavy atom. The van der Waals surface area contributed by atoms with Gasteiger partial charge in [0.2, 0.25) is 11.9 Å². The Bertz CT molecular complexity index is 575. The lowest BCUT2D eigenvalue weighted by molar-refractivity contribution is 0.222. The zero-order valence-corrected chi connectivity index (χ0v) is 12.7.